The molecule has 0 spiro atoms. The normalized spacial score (nSPS) is 34.7. The Bertz CT molecular complexity index is 263. The zero-order valence-electron chi connectivity index (χ0n) is 9.86. The molecule has 1 heterocycles. The van der Waals surface area contributed by atoms with E-state index in [4.69, 9.17) is 5.11 Å². The smallest absolute Gasteiger partial charge is 0.311 e. The maximum Gasteiger partial charge on any atom is 0.311 e. The molecule has 0 unspecified atom stereocenters. The molecule has 86 valence electrons. The number of carboxylic acid groups (broad SMARTS) is 1. The van der Waals surface area contributed by atoms with Gasteiger partial charge in [-0.1, -0.05) is 13.8 Å². The predicted molar refractivity (Wildman–Crippen MR) is 58.7 cm³/mol. The third kappa shape index (κ3) is 1.78. The fourth-order valence-electron chi connectivity index (χ4n) is 2.72. The first-order valence-corrected chi connectivity index (χ1v) is 5.90. The van der Waals surface area contributed by atoms with Crippen molar-refractivity contribution in [1.29, 1.82) is 0 Å². The van der Waals surface area contributed by atoms with Crippen molar-refractivity contribution in [3.8, 4) is 0 Å². The number of aliphatic carboxylic acids is 1. The number of nitrogens with zero attached hydrogens (tertiary/aromatic N) is 1. The van der Waals surface area contributed by atoms with Crippen molar-refractivity contribution in [2.24, 2.45) is 17.3 Å². The molecule has 2 fully saturated rings. The first-order chi connectivity index (χ1) is 6.92. The number of likely N-dealkylation sites (tertiary alicyclic amines) is 1. The monoisotopic (exact) mass is 211 g/mol. The van der Waals surface area contributed by atoms with Gasteiger partial charge >= 0.3 is 5.97 Å². The number of hydrogen-bond acceptors (Lipinski definition) is 2. The highest BCUT2D eigenvalue weighted by Crippen LogP contribution is 2.42. The minimum absolute atomic E-state index is 0.469. The summed E-state index contributed by atoms with van der Waals surface area (Å²) in [6, 6.07) is 0.671. The van der Waals surface area contributed by atoms with Gasteiger partial charge in [0.2, 0.25) is 0 Å². The van der Waals surface area contributed by atoms with E-state index in [0.29, 0.717) is 6.04 Å². The van der Waals surface area contributed by atoms with Crippen LogP contribution in [-0.2, 0) is 4.79 Å². The molecular weight excluding hydrogens is 190 g/mol. The Morgan fingerprint density at radius 3 is 2.33 bits per heavy atom. The van der Waals surface area contributed by atoms with Crippen LogP contribution in [0.25, 0.3) is 0 Å². The predicted octanol–water partition coefficient (Wildman–Crippen LogP) is 1.83. The standard InChI is InChI=1S/C12H21NO2/c1-8(2)9-4-10(5-9)13-6-12(3,7-13)11(14)15/h8-10H,4-7H2,1-3H3,(H,14,15). The number of carbonyl (C=O) groups is 1. The Balaban J connectivity index is 1.76. The van der Waals surface area contributed by atoms with Crippen molar-refractivity contribution in [1.82, 2.24) is 4.90 Å². The molecule has 15 heavy (non-hydrogen) atoms. The lowest BCUT2D eigenvalue weighted by Crippen LogP contribution is -2.64. The summed E-state index contributed by atoms with van der Waals surface area (Å²) in [5.74, 6) is 1.01. The highest BCUT2D eigenvalue weighted by atomic mass is 16.4. The summed E-state index contributed by atoms with van der Waals surface area (Å²) in [5.41, 5.74) is -0.469. The third-order valence-electron chi connectivity index (χ3n) is 4.23. The van der Waals surface area contributed by atoms with Crippen molar-refractivity contribution in [2.75, 3.05) is 13.1 Å². The molecular formula is C12H21NO2. The molecule has 2 rings (SSSR count). The van der Waals surface area contributed by atoms with Gasteiger partial charge in [0.05, 0.1) is 5.41 Å². The lowest BCUT2D eigenvalue weighted by molar-refractivity contribution is -0.164. The van der Waals surface area contributed by atoms with E-state index in [-0.39, 0.29) is 0 Å². The van der Waals surface area contributed by atoms with Gasteiger partial charge in [0.15, 0.2) is 0 Å². The van der Waals surface area contributed by atoms with Gasteiger partial charge in [-0.3, -0.25) is 9.69 Å². The van der Waals surface area contributed by atoms with Gasteiger partial charge in [-0.15, -0.1) is 0 Å². The van der Waals surface area contributed by atoms with E-state index in [1.54, 1.807) is 0 Å². The molecule has 0 aromatic carbocycles. The van der Waals surface area contributed by atoms with E-state index in [0.717, 1.165) is 24.9 Å². The molecule has 0 aromatic heterocycles. The van der Waals surface area contributed by atoms with Crippen LogP contribution in [0, 0.1) is 17.3 Å². The summed E-state index contributed by atoms with van der Waals surface area (Å²) < 4.78 is 0. The van der Waals surface area contributed by atoms with Crippen LogP contribution in [0.15, 0.2) is 0 Å². The minimum Gasteiger partial charge on any atom is -0.481 e. The average molecular weight is 211 g/mol. The molecule has 0 bridgehead atoms. The van der Waals surface area contributed by atoms with Crippen molar-refractivity contribution >= 4 is 5.97 Å². The molecule has 3 heteroatoms. The van der Waals surface area contributed by atoms with E-state index in [9.17, 15) is 4.79 Å². The highest BCUT2D eigenvalue weighted by Gasteiger charge is 2.50. The summed E-state index contributed by atoms with van der Waals surface area (Å²) in [6.45, 7) is 7.90. The van der Waals surface area contributed by atoms with Gasteiger partial charge < -0.3 is 5.11 Å². The average Bonchev–Trinajstić information content (AvgIpc) is 1.96. The second-order valence-corrected chi connectivity index (χ2v) is 5.90. The maximum atomic E-state index is 10.9. The quantitative estimate of drug-likeness (QED) is 0.774. The molecule has 0 aromatic rings. The summed E-state index contributed by atoms with van der Waals surface area (Å²) >= 11 is 0. The van der Waals surface area contributed by atoms with Gasteiger partial charge in [-0.2, -0.15) is 0 Å². The van der Waals surface area contributed by atoms with Crippen LogP contribution in [0.1, 0.15) is 33.6 Å². The first kappa shape index (κ1) is 10.9. The summed E-state index contributed by atoms with van der Waals surface area (Å²) in [4.78, 5) is 13.3. The Morgan fingerprint density at radius 2 is 1.93 bits per heavy atom. The molecule has 0 atom stereocenters. The van der Waals surface area contributed by atoms with Gasteiger partial charge in [-0.05, 0) is 31.6 Å². The molecule has 1 saturated carbocycles. The Morgan fingerprint density at radius 1 is 1.40 bits per heavy atom. The number of carboxylic acids is 1. The van der Waals surface area contributed by atoms with Gasteiger partial charge in [0.1, 0.15) is 0 Å². The van der Waals surface area contributed by atoms with Crippen molar-refractivity contribution in [3.05, 3.63) is 0 Å². The van der Waals surface area contributed by atoms with Crippen LogP contribution in [0.3, 0.4) is 0 Å². The van der Waals surface area contributed by atoms with Gasteiger partial charge in [0.25, 0.3) is 0 Å². The number of hydrogen-bond donors (Lipinski definition) is 1. The van der Waals surface area contributed by atoms with Crippen molar-refractivity contribution in [3.63, 3.8) is 0 Å². The lowest BCUT2D eigenvalue weighted by Gasteiger charge is -2.54. The van der Waals surface area contributed by atoms with Crippen molar-refractivity contribution in [2.45, 2.75) is 39.7 Å². The van der Waals surface area contributed by atoms with Crippen LogP contribution in [-0.4, -0.2) is 35.1 Å². The minimum atomic E-state index is -0.640. The zero-order valence-corrected chi connectivity index (χ0v) is 9.86. The van der Waals surface area contributed by atoms with Gasteiger partial charge in [-0.25, -0.2) is 0 Å². The van der Waals surface area contributed by atoms with Crippen LogP contribution < -0.4 is 0 Å². The Labute approximate surface area is 91.5 Å². The zero-order chi connectivity index (χ0) is 11.2. The fourth-order valence-corrected chi connectivity index (χ4v) is 2.72. The van der Waals surface area contributed by atoms with E-state index >= 15 is 0 Å². The topological polar surface area (TPSA) is 40.5 Å². The summed E-state index contributed by atoms with van der Waals surface area (Å²) in [5, 5.41) is 9.00. The molecule has 3 nitrogen and oxygen atoms in total. The second-order valence-electron chi connectivity index (χ2n) is 5.90. The molecule has 0 radical (unpaired) electrons. The van der Waals surface area contributed by atoms with E-state index < -0.39 is 11.4 Å². The summed E-state index contributed by atoms with van der Waals surface area (Å²) in [7, 11) is 0. The SMILES string of the molecule is CC(C)C1CC(N2CC(C)(C(=O)O)C2)C1. The van der Waals surface area contributed by atoms with Crippen LogP contribution in [0.2, 0.25) is 0 Å². The molecule has 1 aliphatic carbocycles. The Hall–Kier alpha value is -0.570. The molecule has 2 aliphatic rings. The largest absolute Gasteiger partial charge is 0.481 e. The van der Waals surface area contributed by atoms with Crippen molar-refractivity contribution < 1.29 is 9.90 Å². The van der Waals surface area contributed by atoms with E-state index in [1.165, 1.54) is 12.8 Å². The van der Waals surface area contributed by atoms with Crippen LogP contribution in [0.5, 0.6) is 0 Å². The third-order valence-corrected chi connectivity index (χ3v) is 4.23. The second kappa shape index (κ2) is 3.48. The molecule has 1 N–H and O–H groups in total. The highest BCUT2D eigenvalue weighted by molar-refractivity contribution is 5.76. The van der Waals surface area contributed by atoms with Gasteiger partial charge in [0, 0.05) is 19.1 Å². The van der Waals surface area contributed by atoms with E-state index in [2.05, 4.69) is 18.7 Å². The summed E-state index contributed by atoms with van der Waals surface area (Å²) in [6.07, 6.45) is 2.54. The first-order valence-electron chi connectivity index (χ1n) is 5.90. The molecule has 1 aliphatic heterocycles. The van der Waals surface area contributed by atoms with Crippen LogP contribution >= 0.6 is 0 Å². The maximum absolute atomic E-state index is 10.9. The van der Waals surface area contributed by atoms with Crippen LogP contribution in [0.4, 0.5) is 0 Å². The lowest BCUT2D eigenvalue weighted by atomic mass is 9.70. The number of rotatable bonds is 3. The molecule has 1 saturated heterocycles. The molecule has 0 amide bonds. The fraction of sp³-hybridized carbons (Fsp3) is 0.917. The Kier molecular flexibility index (Phi) is 2.53. The van der Waals surface area contributed by atoms with E-state index in [1.807, 2.05) is 6.92 Å².